The average molecular weight is 412 g/mol. The van der Waals surface area contributed by atoms with Crippen LogP contribution in [-0.2, 0) is 4.74 Å². The minimum absolute atomic E-state index is 0.173. The van der Waals surface area contributed by atoms with Crippen LogP contribution in [0, 0.1) is 11.7 Å². The number of ether oxygens (including phenoxy) is 1. The minimum Gasteiger partial charge on any atom is -0.357 e. The lowest BCUT2D eigenvalue weighted by Crippen LogP contribution is -2.62. The number of benzene rings is 2. The van der Waals surface area contributed by atoms with E-state index >= 15 is 0 Å². The molecule has 30 heavy (non-hydrogen) atoms. The lowest BCUT2D eigenvalue weighted by Gasteiger charge is -2.48. The largest absolute Gasteiger partial charge is 0.357 e. The highest BCUT2D eigenvalue weighted by Crippen LogP contribution is 2.57. The number of para-hydroxylation sites is 1. The predicted octanol–water partition coefficient (Wildman–Crippen LogP) is 4.89. The second-order valence-corrected chi connectivity index (χ2v) is 8.48. The van der Waals surface area contributed by atoms with Crippen molar-refractivity contribution in [2.45, 2.75) is 43.7 Å². The first kappa shape index (κ1) is 20.8. The zero-order valence-corrected chi connectivity index (χ0v) is 17.9. The van der Waals surface area contributed by atoms with E-state index in [1.807, 2.05) is 35.2 Å². The number of nitrogens with zero attached hydrogens (tertiary/aromatic N) is 2. The van der Waals surface area contributed by atoms with Crippen molar-refractivity contribution in [2.24, 2.45) is 5.92 Å². The lowest BCUT2D eigenvalue weighted by molar-refractivity contribution is -0.0709. The van der Waals surface area contributed by atoms with Gasteiger partial charge in [0.25, 0.3) is 0 Å². The molecule has 0 bridgehead atoms. The highest BCUT2D eigenvalue weighted by molar-refractivity contribution is 5.96. The zero-order chi connectivity index (χ0) is 21.3. The Balaban J connectivity index is 1.93. The van der Waals surface area contributed by atoms with Gasteiger partial charge in [0.2, 0.25) is 0 Å². The Morgan fingerprint density at radius 1 is 1.10 bits per heavy atom. The predicted molar refractivity (Wildman–Crippen MR) is 116 cm³/mol. The summed E-state index contributed by atoms with van der Waals surface area (Å²) in [6, 6.07) is 14.4. The first-order chi connectivity index (χ1) is 14.5. The Labute approximate surface area is 177 Å². The van der Waals surface area contributed by atoms with Crippen LogP contribution in [-0.4, -0.2) is 38.0 Å². The highest BCUT2D eigenvalue weighted by atomic mass is 19.1. The molecule has 0 spiro atoms. The molecule has 1 saturated carbocycles. The molecule has 1 aliphatic heterocycles. The third-order valence-corrected chi connectivity index (χ3v) is 6.49. The lowest BCUT2D eigenvalue weighted by atomic mass is 9.72. The molecular weight excluding hydrogens is 381 g/mol. The van der Waals surface area contributed by atoms with E-state index in [0.29, 0.717) is 0 Å². The van der Waals surface area contributed by atoms with E-state index in [-0.39, 0.29) is 23.7 Å². The van der Waals surface area contributed by atoms with E-state index in [9.17, 15) is 9.18 Å². The van der Waals surface area contributed by atoms with Gasteiger partial charge in [-0.1, -0.05) is 49.6 Å². The number of carbonyl (C=O) groups is 1. The molecule has 2 atom stereocenters. The second-order valence-electron chi connectivity index (χ2n) is 8.48. The standard InChI is InChI=1S/C24H30FN3O2/c1-27(2)26-23(29)28-21-12-8-7-11-20(21)22(17-13-15-19(25)16-14-17)24(28,30-3)18-9-5-4-6-10-18/h7-8,11-16,18,22H,4-6,9-10H2,1-3H3,(H,26,29). The smallest absolute Gasteiger partial charge is 0.338 e. The van der Waals surface area contributed by atoms with Gasteiger partial charge in [0, 0.05) is 27.1 Å². The van der Waals surface area contributed by atoms with Crippen LogP contribution in [0.1, 0.15) is 49.1 Å². The summed E-state index contributed by atoms with van der Waals surface area (Å²) in [6.45, 7) is 0. The molecule has 1 heterocycles. The summed E-state index contributed by atoms with van der Waals surface area (Å²) in [5.41, 5.74) is 4.88. The number of amides is 2. The van der Waals surface area contributed by atoms with Crippen LogP contribution in [0.2, 0.25) is 0 Å². The van der Waals surface area contributed by atoms with Gasteiger partial charge in [0.15, 0.2) is 5.72 Å². The van der Waals surface area contributed by atoms with Crippen LogP contribution in [0.15, 0.2) is 48.5 Å². The number of halogens is 1. The van der Waals surface area contributed by atoms with Crippen LogP contribution in [0.25, 0.3) is 0 Å². The van der Waals surface area contributed by atoms with Crippen molar-refractivity contribution in [3.8, 4) is 0 Å². The topological polar surface area (TPSA) is 44.8 Å². The van der Waals surface area contributed by atoms with Gasteiger partial charge < -0.3 is 4.74 Å². The SMILES string of the molecule is COC1(C2CCCCC2)C(c2ccc(F)cc2)c2ccccc2N1C(=O)NN(C)C. The Kier molecular flexibility index (Phi) is 5.80. The summed E-state index contributed by atoms with van der Waals surface area (Å²) >= 11 is 0. The molecule has 4 rings (SSSR count). The molecular formula is C24H30FN3O2. The maximum atomic E-state index is 13.7. The van der Waals surface area contributed by atoms with E-state index in [1.165, 1.54) is 18.6 Å². The van der Waals surface area contributed by atoms with E-state index < -0.39 is 5.72 Å². The van der Waals surface area contributed by atoms with Gasteiger partial charge in [-0.3, -0.25) is 10.3 Å². The van der Waals surface area contributed by atoms with E-state index in [2.05, 4.69) is 11.5 Å². The second kappa shape index (κ2) is 8.36. The molecule has 0 aromatic heterocycles. The summed E-state index contributed by atoms with van der Waals surface area (Å²) in [7, 11) is 5.30. The number of fused-ring (bicyclic) bond motifs is 1. The number of methoxy groups -OCH3 is 1. The van der Waals surface area contributed by atoms with Crippen molar-refractivity contribution < 1.29 is 13.9 Å². The molecule has 1 N–H and O–H groups in total. The number of nitrogens with one attached hydrogen (secondary N) is 1. The van der Waals surface area contributed by atoms with Gasteiger partial charge in [-0.05, 0) is 42.2 Å². The number of rotatable bonds is 4. The summed E-state index contributed by atoms with van der Waals surface area (Å²) in [5, 5.41) is 1.65. The van der Waals surface area contributed by atoms with Gasteiger partial charge in [-0.2, -0.15) is 0 Å². The van der Waals surface area contributed by atoms with Crippen LogP contribution < -0.4 is 10.3 Å². The number of urea groups is 1. The van der Waals surface area contributed by atoms with Crippen LogP contribution >= 0.6 is 0 Å². The van der Waals surface area contributed by atoms with Gasteiger partial charge in [-0.25, -0.2) is 14.2 Å². The quantitative estimate of drug-likeness (QED) is 0.729. The molecule has 0 saturated heterocycles. The maximum absolute atomic E-state index is 13.7. The fourth-order valence-electron chi connectivity index (χ4n) is 5.37. The molecule has 5 nitrogen and oxygen atoms in total. The fraction of sp³-hybridized carbons (Fsp3) is 0.458. The molecule has 2 aromatic carbocycles. The van der Waals surface area contributed by atoms with Crippen molar-refractivity contribution in [1.82, 2.24) is 10.4 Å². The Bertz CT molecular complexity index is 896. The number of hydrogen-bond donors (Lipinski definition) is 1. The van der Waals surface area contributed by atoms with Gasteiger partial charge in [0.1, 0.15) is 5.82 Å². The summed E-state index contributed by atoms with van der Waals surface area (Å²) in [4.78, 5) is 15.3. The minimum atomic E-state index is -0.873. The van der Waals surface area contributed by atoms with Crippen molar-refractivity contribution >= 4 is 11.7 Å². The summed E-state index contributed by atoms with van der Waals surface area (Å²) < 4.78 is 20.1. The molecule has 0 radical (unpaired) electrons. The van der Waals surface area contributed by atoms with E-state index in [0.717, 1.165) is 42.5 Å². The van der Waals surface area contributed by atoms with E-state index in [4.69, 9.17) is 4.74 Å². The molecule has 2 amide bonds. The first-order valence-corrected chi connectivity index (χ1v) is 10.7. The van der Waals surface area contributed by atoms with Crippen LogP contribution in [0.4, 0.5) is 14.9 Å². The Morgan fingerprint density at radius 3 is 2.40 bits per heavy atom. The number of carbonyl (C=O) groups excluding carboxylic acids is 1. The van der Waals surface area contributed by atoms with E-state index in [1.54, 1.807) is 26.2 Å². The Morgan fingerprint density at radius 2 is 1.77 bits per heavy atom. The van der Waals surface area contributed by atoms with Crippen molar-refractivity contribution in [3.05, 3.63) is 65.5 Å². The molecule has 2 aliphatic rings. The Hall–Kier alpha value is -2.44. The molecule has 2 aromatic rings. The molecule has 160 valence electrons. The molecule has 1 aliphatic carbocycles. The molecule has 2 unspecified atom stereocenters. The maximum Gasteiger partial charge on any atom is 0.338 e. The van der Waals surface area contributed by atoms with Crippen molar-refractivity contribution in [2.75, 3.05) is 26.1 Å². The first-order valence-electron chi connectivity index (χ1n) is 10.7. The van der Waals surface area contributed by atoms with Crippen molar-refractivity contribution in [1.29, 1.82) is 0 Å². The van der Waals surface area contributed by atoms with Gasteiger partial charge in [0.05, 0.1) is 11.6 Å². The molecule has 1 fully saturated rings. The van der Waals surface area contributed by atoms with Crippen LogP contribution in [0.3, 0.4) is 0 Å². The average Bonchev–Trinajstić information content (AvgIpc) is 3.06. The summed E-state index contributed by atoms with van der Waals surface area (Å²) in [6.07, 6.45) is 5.42. The number of hydrogen-bond acceptors (Lipinski definition) is 3. The monoisotopic (exact) mass is 411 g/mol. The van der Waals surface area contributed by atoms with Gasteiger partial charge in [-0.15, -0.1) is 0 Å². The normalized spacial score (nSPS) is 24.2. The van der Waals surface area contributed by atoms with Gasteiger partial charge >= 0.3 is 6.03 Å². The number of anilines is 1. The highest BCUT2D eigenvalue weighted by Gasteiger charge is 2.59. The molecule has 6 heteroatoms. The fourth-order valence-corrected chi connectivity index (χ4v) is 5.37. The van der Waals surface area contributed by atoms with Crippen molar-refractivity contribution in [3.63, 3.8) is 0 Å². The number of hydrazine groups is 1. The zero-order valence-electron chi connectivity index (χ0n) is 17.9. The third-order valence-electron chi connectivity index (χ3n) is 6.49. The summed E-state index contributed by atoms with van der Waals surface area (Å²) in [5.74, 6) is -0.296. The third kappa shape index (κ3) is 3.38. The van der Waals surface area contributed by atoms with Crippen LogP contribution in [0.5, 0.6) is 0 Å².